The monoisotopic (exact) mass is 432 g/mol. The van der Waals surface area contributed by atoms with Crippen molar-refractivity contribution in [3.63, 3.8) is 0 Å². The molecule has 0 spiro atoms. The molecule has 1 aromatic heterocycles. The third kappa shape index (κ3) is 6.05. The van der Waals surface area contributed by atoms with Gasteiger partial charge in [0.25, 0.3) is 5.91 Å². The van der Waals surface area contributed by atoms with Gasteiger partial charge in [-0.25, -0.2) is 4.79 Å². The minimum absolute atomic E-state index is 0.00892. The summed E-state index contributed by atoms with van der Waals surface area (Å²) in [5, 5.41) is 4.53. The van der Waals surface area contributed by atoms with Gasteiger partial charge in [0.2, 0.25) is 0 Å². The molecule has 0 fully saturated rings. The quantitative estimate of drug-likeness (QED) is 0.510. The van der Waals surface area contributed by atoms with E-state index in [4.69, 9.17) is 14.2 Å². The maximum Gasteiger partial charge on any atom is 0.325 e. The van der Waals surface area contributed by atoms with Gasteiger partial charge in [-0.15, -0.1) is 11.3 Å². The van der Waals surface area contributed by atoms with E-state index in [2.05, 4.69) is 10.6 Å². The molecule has 2 heterocycles. The van der Waals surface area contributed by atoms with Crippen molar-refractivity contribution in [1.29, 1.82) is 0 Å². The van der Waals surface area contributed by atoms with Gasteiger partial charge in [0, 0.05) is 23.1 Å². The van der Waals surface area contributed by atoms with Gasteiger partial charge in [-0.3, -0.25) is 19.7 Å². The van der Waals surface area contributed by atoms with Crippen LogP contribution in [0.1, 0.15) is 27.4 Å². The number of thiophene rings is 1. The molecule has 30 heavy (non-hydrogen) atoms. The van der Waals surface area contributed by atoms with Crippen LogP contribution >= 0.6 is 11.3 Å². The number of anilines is 1. The lowest BCUT2D eigenvalue weighted by molar-refractivity contribution is -0.148. The molecule has 2 N–H and O–H groups in total. The summed E-state index contributed by atoms with van der Waals surface area (Å²) in [6, 6.07) is 7.58. The van der Waals surface area contributed by atoms with Crippen LogP contribution in [-0.4, -0.2) is 43.5 Å². The van der Waals surface area contributed by atoms with Crippen molar-refractivity contribution in [1.82, 2.24) is 5.32 Å². The number of urea groups is 1. The zero-order valence-electron chi connectivity index (χ0n) is 16.2. The van der Waals surface area contributed by atoms with Crippen LogP contribution in [0.25, 0.3) is 0 Å². The molecule has 2 aromatic rings. The molecule has 0 saturated carbocycles. The molecule has 3 rings (SSSR count). The van der Waals surface area contributed by atoms with Crippen molar-refractivity contribution in [3.05, 3.63) is 40.1 Å². The Labute approximate surface area is 176 Å². The number of aryl methyl sites for hydroxylation is 1. The Morgan fingerprint density at radius 3 is 2.53 bits per heavy atom. The van der Waals surface area contributed by atoms with E-state index in [9.17, 15) is 19.2 Å². The van der Waals surface area contributed by atoms with Gasteiger partial charge in [0.1, 0.15) is 13.2 Å². The van der Waals surface area contributed by atoms with Crippen LogP contribution in [-0.2, 0) is 14.3 Å². The highest BCUT2D eigenvalue weighted by atomic mass is 32.1. The van der Waals surface area contributed by atoms with Crippen molar-refractivity contribution >= 4 is 40.7 Å². The Kier molecular flexibility index (Phi) is 7.02. The van der Waals surface area contributed by atoms with Crippen LogP contribution in [0.4, 0.5) is 10.5 Å². The summed E-state index contributed by atoms with van der Waals surface area (Å²) < 4.78 is 15.6. The zero-order valence-corrected chi connectivity index (χ0v) is 17.0. The van der Waals surface area contributed by atoms with E-state index in [-0.39, 0.29) is 18.6 Å². The lowest BCUT2D eigenvalue weighted by atomic mass is 10.2. The third-order valence-corrected chi connectivity index (χ3v) is 5.03. The lowest BCUT2D eigenvalue weighted by Gasteiger charge is -2.19. The average molecular weight is 432 g/mol. The topological polar surface area (TPSA) is 120 Å². The molecule has 1 aliphatic rings. The molecule has 0 aliphatic carbocycles. The first-order valence-electron chi connectivity index (χ1n) is 9.16. The number of hydrogen-bond donors (Lipinski definition) is 2. The standard InChI is InChI=1S/C20H20N2O7S/c1-12-2-6-17(30-12)14(23)4-7-19(25)29-11-18(24)22-20(26)21-13-3-5-15-16(10-13)28-9-8-27-15/h2-3,5-6,10H,4,7-9,11H2,1H3,(H2,21,22,24,26). The number of ketones is 1. The molecule has 1 aromatic carbocycles. The van der Waals surface area contributed by atoms with E-state index in [0.717, 1.165) is 4.88 Å². The second-order valence-corrected chi connectivity index (χ2v) is 7.64. The first-order chi connectivity index (χ1) is 14.4. The van der Waals surface area contributed by atoms with Gasteiger partial charge in [0.15, 0.2) is 23.9 Å². The molecule has 0 bridgehead atoms. The summed E-state index contributed by atoms with van der Waals surface area (Å²) in [7, 11) is 0. The fourth-order valence-electron chi connectivity index (χ4n) is 2.59. The van der Waals surface area contributed by atoms with Crippen LogP contribution in [0, 0.1) is 6.92 Å². The first kappa shape index (κ1) is 21.3. The van der Waals surface area contributed by atoms with E-state index >= 15 is 0 Å². The second kappa shape index (κ2) is 9.88. The molecular weight excluding hydrogens is 412 g/mol. The number of rotatable bonds is 7. The summed E-state index contributed by atoms with van der Waals surface area (Å²) in [5.74, 6) is -0.583. The predicted molar refractivity (Wildman–Crippen MR) is 108 cm³/mol. The van der Waals surface area contributed by atoms with Gasteiger partial charge in [-0.05, 0) is 31.2 Å². The number of amides is 3. The number of esters is 1. The van der Waals surface area contributed by atoms with Crippen molar-refractivity contribution < 1.29 is 33.4 Å². The third-order valence-electron chi connectivity index (χ3n) is 3.99. The Hall–Kier alpha value is -3.40. The van der Waals surface area contributed by atoms with Gasteiger partial charge in [-0.1, -0.05) is 0 Å². The first-order valence-corrected chi connectivity index (χ1v) is 9.98. The van der Waals surface area contributed by atoms with Crippen molar-refractivity contribution in [2.45, 2.75) is 19.8 Å². The van der Waals surface area contributed by atoms with Crippen LogP contribution in [0.15, 0.2) is 30.3 Å². The molecule has 10 heteroatoms. The molecule has 158 valence electrons. The van der Waals surface area contributed by atoms with Crippen molar-refractivity contribution in [2.24, 2.45) is 0 Å². The number of fused-ring (bicyclic) bond motifs is 1. The van der Waals surface area contributed by atoms with Gasteiger partial charge < -0.3 is 19.5 Å². The number of imide groups is 1. The summed E-state index contributed by atoms with van der Waals surface area (Å²) in [6.45, 7) is 2.12. The van der Waals surface area contributed by atoms with E-state index < -0.39 is 24.5 Å². The molecule has 9 nitrogen and oxygen atoms in total. The van der Waals surface area contributed by atoms with Gasteiger partial charge in [0.05, 0.1) is 11.3 Å². The highest BCUT2D eigenvalue weighted by Crippen LogP contribution is 2.32. The van der Waals surface area contributed by atoms with E-state index in [1.54, 1.807) is 24.3 Å². The largest absolute Gasteiger partial charge is 0.486 e. The van der Waals surface area contributed by atoms with Gasteiger partial charge in [-0.2, -0.15) is 0 Å². The number of ether oxygens (including phenoxy) is 3. The van der Waals surface area contributed by atoms with Crippen LogP contribution < -0.4 is 20.1 Å². The Balaban J connectivity index is 1.37. The zero-order chi connectivity index (χ0) is 21.5. The summed E-state index contributed by atoms with van der Waals surface area (Å²) in [6.07, 6.45) is -0.155. The molecule has 1 aliphatic heterocycles. The number of Topliss-reactive ketones (excluding diaryl/α,β-unsaturated/α-hetero) is 1. The van der Waals surface area contributed by atoms with Crippen molar-refractivity contribution in [2.75, 3.05) is 25.1 Å². The summed E-state index contributed by atoms with van der Waals surface area (Å²) in [4.78, 5) is 49.0. The Bertz CT molecular complexity index is 970. The molecule has 0 atom stereocenters. The van der Waals surface area contributed by atoms with Crippen LogP contribution in [0.5, 0.6) is 11.5 Å². The fourth-order valence-corrected chi connectivity index (χ4v) is 3.42. The highest BCUT2D eigenvalue weighted by molar-refractivity contribution is 7.14. The lowest BCUT2D eigenvalue weighted by Crippen LogP contribution is -2.37. The number of carbonyl (C=O) groups excluding carboxylic acids is 4. The normalized spacial score (nSPS) is 12.0. The number of nitrogens with one attached hydrogen (secondary N) is 2. The minimum Gasteiger partial charge on any atom is -0.486 e. The van der Waals surface area contributed by atoms with Crippen LogP contribution in [0.2, 0.25) is 0 Å². The average Bonchev–Trinajstić information content (AvgIpc) is 3.16. The SMILES string of the molecule is Cc1ccc(C(=O)CCC(=O)OCC(=O)NC(=O)Nc2ccc3c(c2)OCCO3)s1. The number of carbonyl (C=O) groups is 4. The van der Waals surface area contributed by atoms with Gasteiger partial charge >= 0.3 is 12.0 Å². The summed E-state index contributed by atoms with van der Waals surface area (Å²) >= 11 is 1.36. The maximum absolute atomic E-state index is 12.0. The molecular formula is C20H20N2O7S. The molecule has 0 unspecified atom stereocenters. The number of benzene rings is 1. The predicted octanol–water partition coefficient (Wildman–Crippen LogP) is 2.68. The smallest absolute Gasteiger partial charge is 0.325 e. The summed E-state index contributed by atoms with van der Waals surface area (Å²) in [5.41, 5.74) is 0.406. The fraction of sp³-hybridized carbons (Fsp3) is 0.300. The van der Waals surface area contributed by atoms with E-state index in [1.165, 1.54) is 11.3 Å². The highest BCUT2D eigenvalue weighted by Gasteiger charge is 2.16. The van der Waals surface area contributed by atoms with E-state index in [0.29, 0.717) is 35.3 Å². The maximum atomic E-state index is 12.0. The van der Waals surface area contributed by atoms with E-state index in [1.807, 2.05) is 13.0 Å². The Morgan fingerprint density at radius 1 is 1.03 bits per heavy atom. The molecule has 3 amide bonds. The number of hydrogen-bond acceptors (Lipinski definition) is 8. The minimum atomic E-state index is -0.793. The molecule has 0 radical (unpaired) electrons. The molecule has 0 saturated heterocycles. The van der Waals surface area contributed by atoms with Crippen molar-refractivity contribution in [3.8, 4) is 11.5 Å². The Morgan fingerprint density at radius 2 is 1.80 bits per heavy atom. The van der Waals surface area contributed by atoms with Crippen LogP contribution in [0.3, 0.4) is 0 Å². The second-order valence-electron chi connectivity index (χ2n) is 6.35.